The van der Waals surface area contributed by atoms with Gasteiger partial charge in [0.2, 0.25) is 5.91 Å². The molecule has 2 amide bonds. The van der Waals surface area contributed by atoms with Gasteiger partial charge in [0.25, 0.3) is 5.89 Å². The van der Waals surface area contributed by atoms with E-state index in [1.54, 1.807) is 31.2 Å². The SMILES string of the molecule is CN(C)C(=O)c1nc2cc(C3=CCCN(C(=O)CCn4ccnn4)C3)ccc2o1. The van der Waals surface area contributed by atoms with Crippen molar-refractivity contribution >= 4 is 28.5 Å². The standard InChI is InChI=1S/C20H22N6O3/c1-24(2)20(28)19-22-16-12-14(5-6-17(16)29-19)15-4-3-9-25(13-15)18(27)7-10-26-11-8-21-23-26/h4-6,8,11-12H,3,7,9-10,13H2,1-2H3. The first-order valence-corrected chi connectivity index (χ1v) is 9.45. The van der Waals surface area contributed by atoms with E-state index < -0.39 is 0 Å². The Balaban J connectivity index is 1.47. The normalized spacial score (nSPS) is 14.1. The number of fused-ring (bicyclic) bond motifs is 1. The zero-order chi connectivity index (χ0) is 20.4. The van der Waals surface area contributed by atoms with Gasteiger partial charge in [-0.25, -0.2) is 4.98 Å². The second-order valence-electron chi connectivity index (χ2n) is 7.15. The predicted molar refractivity (Wildman–Crippen MR) is 106 cm³/mol. The van der Waals surface area contributed by atoms with Crippen LogP contribution in [0.15, 0.2) is 41.1 Å². The van der Waals surface area contributed by atoms with E-state index in [2.05, 4.69) is 21.4 Å². The Morgan fingerprint density at radius 1 is 1.28 bits per heavy atom. The molecule has 9 heteroatoms. The minimum atomic E-state index is -0.274. The van der Waals surface area contributed by atoms with E-state index in [4.69, 9.17) is 4.42 Å². The fraction of sp³-hybridized carbons (Fsp3) is 0.350. The molecule has 0 bridgehead atoms. The van der Waals surface area contributed by atoms with E-state index in [9.17, 15) is 9.59 Å². The number of carbonyl (C=O) groups excluding carboxylic acids is 2. The Morgan fingerprint density at radius 2 is 2.14 bits per heavy atom. The first-order valence-electron chi connectivity index (χ1n) is 9.45. The number of rotatable bonds is 5. The number of oxazole rings is 1. The molecule has 1 aliphatic heterocycles. The highest BCUT2D eigenvalue weighted by Gasteiger charge is 2.21. The Kier molecular flexibility index (Phi) is 5.11. The Hall–Kier alpha value is -3.49. The third-order valence-electron chi connectivity index (χ3n) is 4.88. The molecule has 0 spiro atoms. The lowest BCUT2D eigenvalue weighted by molar-refractivity contribution is -0.131. The summed E-state index contributed by atoms with van der Waals surface area (Å²) < 4.78 is 7.22. The quantitative estimate of drug-likeness (QED) is 0.655. The molecule has 150 valence electrons. The van der Waals surface area contributed by atoms with Crippen LogP contribution in [-0.4, -0.2) is 68.8 Å². The van der Waals surface area contributed by atoms with Crippen molar-refractivity contribution in [1.29, 1.82) is 0 Å². The summed E-state index contributed by atoms with van der Waals surface area (Å²) in [5.41, 5.74) is 3.23. The van der Waals surface area contributed by atoms with Gasteiger partial charge in [-0.3, -0.25) is 14.3 Å². The average Bonchev–Trinajstić information content (AvgIpc) is 3.40. The third kappa shape index (κ3) is 4.03. The Bertz CT molecular complexity index is 1070. The maximum absolute atomic E-state index is 12.6. The zero-order valence-electron chi connectivity index (χ0n) is 16.4. The van der Waals surface area contributed by atoms with Crippen molar-refractivity contribution in [3.8, 4) is 0 Å². The molecule has 2 aromatic heterocycles. The molecule has 0 atom stereocenters. The molecule has 9 nitrogen and oxygen atoms in total. The number of hydrogen-bond acceptors (Lipinski definition) is 6. The molecular weight excluding hydrogens is 372 g/mol. The van der Waals surface area contributed by atoms with Crippen LogP contribution in [0.2, 0.25) is 0 Å². The van der Waals surface area contributed by atoms with Gasteiger partial charge in [0, 0.05) is 39.8 Å². The number of aromatic nitrogens is 4. The van der Waals surface area contributed by atoms with Gasteiger partial charge >= 0.3 is 5.91 Å². The van der Waals surface area contributed by atoms with Crippen LogP contribution in [0, 0.1) is 0 Å². The molecule has 1 aliphatic rings. The molecule has 0 unspecified atom stereocenters. The first kappa shape index (κ1) is 18.9. The van der Waals surface area contributed by atoms with Gasteiger partial charge < -0.3 is 14.2 Å². The second-order valence-corrected chi connectivity index (χ2v) is 7.15. The van der Waals surface area contributed by atoms with Crippen LogP contribution in [0.3, 0.4) is 0 Å². The van der Waals surface area contributed by atoms with Gasteiger partial charge in [-0.1, -0.05) is 17.4 Å². The van der Waals surface area contributed by atoms with Crippen LogP contribution in [0.1, 0.15) is 29.1 Å². The van der Waals surface area contributed by atoms with Crippen molar-refractivity contribution in [2.45, 2.75) is 19.4 Å². The smallest absolute Gasteiger partial charge is 0.309 e. The van der Waals surface area contributed by atoms with Gasteiger partial charge in [0.1, 0.15) is 5.52 Å². The van der Waals surface area contributed by atoms with Crippen molar-refractivity contribution in [2.24, 2.45) is 0 Å². The molecule has 0 N–H and O–H groups in total. The maximum Gasteiger partial charge on any atom is 0.309 e. The number of aryl methyl sites for hydroxylation is 1. The van der Waals surface area contributed by atoms with Crippen LogP contribution in [-0.2, 0) is 11.3 Å². The first-order chi connectivity index (χ1) is 14.0. The van der Waals surface area contributed by atoms with E-state index in [0.717, 1.165) is 17.6 Å². The molecule has 0 radical (unpaired) electrons. The largest absolute Gasteiger partial charge is 0.432 e. The molecule has 3 heterocycles. The summed E-state index contributed by atoms with van der Waals surface area (Å²) in [6, 6.07) is 5.66. The molecule has 1 aromatic carbocycles. The van der Waals surface area contributed by atoms with Crippen LogP contribution < -0.4 is 0 Å². The fourth-order valence-corrected chi connectivity index (χ4v) is 3.30. The van der Waals surface area contributed by atoms with E-state index in [1.807, 2.05) is 23.1 Å². The van der Waals surface area contributed by atoms with Gasteiger partial charge in [-0.15, -0.1) is 5.10 Å². The monoisotopic (exact) mass is 394 g/mol. The van der Waals surface area contributed by atoms with Crippen molar-refractivity contribution in [3.05, 3.63) is 48.1 Å². The van der Waals surface area contributed by atoms with Crippen molar-refractivity contribution in [3.63, 3.8) is 0 Å². The minimum absolute atomic E-state index is 0.0738. The number of amides is 2. The third-order valence-corrected chi connectivity index (χ3v) is 4.88. The Morgan fingerprint density at radius 3 is 2.90 bits per heavy atom. The van der Waals surface area contributed by atoms with Gasteiger partial charge in [0.05, 0.1) is 12.7 Å². The molecule has 0 aliphatic carbocycles. The lowest BCUT2D eigenvalue weighted by Crippen LogP contribution is -2.35. The highest BCUT2D eigenvalue weighted by Crippen LogP contribution is 2.25. The summed E-state index contributed by atoms with van der Waals surface area (Å²) in [4.78, 5) is 32.3. The molecule has 0 saturated carbocycles. The number of benzene rings is 1. The predicted octanol–water partition coefficient (Wildman–Crippen LogP) is 1.83. The van der Waals surface area contributed by atoms with Crippen LogP contribution >= 0.6 is 0 Å². The minimum Gasteiger partial charge on any atom is -0.432 e. The zero-order valence-corrected chi connectivity index (χ0v) is 16.4. The van der Waals surface area contributed by atoms with Crippen molar-refractivity contribution in [1.82, 2.24) is 29.8 Å². The van der Waals surface area contributed by atoms with Crippen molar-refractivity contribution < 1.29 is 14.0 Å². The fourth-order valence-electron chi connectivity index (χ4n) is 3.30. The number of carbonyl (C=O) groups is 2. The highest BCUT2D eigenvalue weighted by atomic mass is 16.4. The summed E-state index contributed by atoms with van der Waals surface area (Å²) >= 11 is 0. The molecule has 29 heavy (non-hydrogen) atoms. The van der Waals surface area contributed by atoms with Crippen molar-refractivity contribution in [2.75, 3.05) is 27.2 Å². The summed E-state index contributed by atoms with van der Waals surface area (Å²) in [6.45, 7) is 1.76. The summed E-state index contributed by atoms with van der Waals surface area (Å²) in [5.74, 6) is -0.110. The van der Waals surface area contributed by atoms with Gasteiger partial charge in [-0.05, 0) is 29.7 Å². The highest BCUT2D eigenvalue weighted by molar-refractivity contribution is 5.92. The molecule has 4 rings (SSSR count). The van der Waals surface area contributed by atoms with Crippen LogP contribution in [0.5, 0.6) is 0 Å². The maximum atomic E-state index is 12.6. The number of nitrogens with zero attached hydrogens (tertiary/aromatic N) is 6. The van der Waals surface area contributed by atoms with E-state index in [0.29, 0.717) is 37.2 Å². The van der Waals surface area contributed by atoms with E-state index in [1.165, 1.54) is 4.90 Å². The molecule has 3 aromatic rings. The molecular formula is C20H22N6O3. The van der Waals surface area contributed by atoms with Gasteiger partial charge in [0.15, 0.2) is 5.58 Å². The Labute approximate surface area is 167 Å². The lowest BCUT2D eigenvalue weighted by atomic mass is 10.0. The van der Waals surface area contributed by atoms with E-state index in [-0.39, 0.29) is 17.7 Å². The lowest BCUT2D eigenvalue weighted by Gasteiger charge is -2.27. The summed E-state index contributed by atoms with van der Waals surface area (Å²) in [6.07, 6.45) is 6.68. The molecule has 0 saturated heterocycles. The summed E-state index contributed by atoms with van der Waals surface area (Å²) in [5, 5.41) is 7.64. The van der Waals surface area contributed by atoms with Gasteiger partial charge in [-0.2, -0.15) is 0 Å². The second kappa shape index (κ2) is 7.86. The van der Waals surface area contributed by atoms with E-state index >= 15 is 0 Å². The van der Waals surface area contributed by atoms with Crippen LogP contribution in [0.25, 0.3) is 16.7 Å². The molecule has 0 fully saturated rings. The average molecular weight is 394 g/mol. The van der Waals surface area contributed by atoms with Crippen LogP contribution in [0.4, 0.5) is 0 Å². The number of hydrogen-bond donors (Lipinski definition) is 0. The summed E-state index contributed by atoms with van der Waals surface area (Å²) in [7, 11) is 3.31. The topological polar surface area (TPSA) is 97.4 Å².